The third-order valence-electron chi connectivity index (χ3n) is 7.53. The van der Waals surface area contributed by atoms with E-state index in [1.807, 2.05) is 18.2 Å². The highest BCUT2D eigenvalue weighted by molar-refractivity contribution is 6.04. The summed E-state index contributed by atoms with van der Waals surface area (Å²) in [5.74, 6) is 0.934. The fourth-order valence-corrected chi connectivity index (χ4v) is 5.52. The molecule has 188 valence electrons. The normalized spacial score (nSPS) is 17.2. The first-order chi connectivity index (χ1) is 18.2. The molecule has 0 bridgehead atoms. The zero-order valence-corrected chi connectivity index (χ0v) is 20.8. The fraction of sp³-hybridized carbons (Fsp3) is 0.310. The number of aromatic nitrogens is 3. The molecule has 0 aliphatic carbocycles. The molecule has 8 heteroatoms. The van der Waals surface area contributed by atoms with Crippen LogP contribution in [0.5, 0.6) is 0 Å². The summed E-state index contributed by atoms with van der Waals surface area (Å²) in [6.07, 6.45) is 7.23. The molecule has 1 N–H and O–H groups in total. The van der Waals surface area contributed by atoms with Crippen LogP contribution in [0.2, 0.25) is 0 Å². The van der Waals surface area contributed by atoms with Gasteiger partial charge in [-0.05, 0) is 55.3 Å². The van der Waals surface area contributed by atoms with E-state index >= 15 is 0 Å². The zero-order valence-electron chi connectivity index (χ0n) is 20.8. The number of fused-ring (bicyclic) bond motifs is 1. The van der Waals surface area contributed by atoms with Crippen LogP contribution in [0, 0.1) is 0 Å². The van der Waals surface area contributed by atoms with E-state index in [2.05, 4.69) is 65.3 Å². The highest BCUT2D eigenvalue weighted by atomic mass is 16.1. The smallest absolute Gasteiger partial charge is 0.255 e. The van der Waals surface area contributed by atoms with Crippen LogP contribution in [-0.4, -0.2) is 71.1 Å². The summed E-state index contributed by atoms with van der Waals surface area (Å²) >= 11 is 0. The van der Waals surface area contributed by atoms with E-state index in [1.165, 1.54) is 0 Å². The minimum absolute atomic E-state index is 0.118. The van der Waals surface area contributed by atoms with Gasteiger partial charge < -0.3 is 15.1 Å². The van der Waals surface area contributed by atoms with E-state index in [1.54, 1.807) is 30.9 Å². The molecule has 2 aliphatic rings. The van der Waals surface area contributed by atoms with Gasteiger partial charge in [-0.3, -0.25) is 14.7 Å². The standard InChI is InChI=1S/C29H31N7O/c37-29(22-8-12-30-13-9-22)33-23-4-3-5-25(20-23)34-14-10-24(11-15-34)35-16-18-36(19-17-35)28-26-6-1-2-7-27(26)31-21-32-28/h1-9,12-13,20-21,24H,10-11,14-19H2,(H,33,37). The van der Waals surface area contributed by atoms with Gasteiger partial charge in [0.1, 0.15) is 12.1 Å². The lowest BCUT2D eigenvalue weighted by atomic mass is 10.0. The number of benzene rings is 2. The van der Waals surface area contributed by atoms with Crippen molar-refractivity contribution < 1.29 is 4.79 Å². The Balaban J connectivity index is 1.03. The van der Waals surface area contributed by atoms with Gasteiger partial charge in [0.15, 0.2) is 0 Å². The van der Waals surface area contributed by atoms with Gasteiger partial charge in [-0.1, -0.05) is 18.2 Å². The fourth-order valence-electron chi connectivity index (χ4n) is 5.52. The van der Waals surface area contributed by atoms with E-state index < -0.39 is 0 Å². The lowest BCUT2D eigenvalue weighted by molar-refractivity contribution is 0.102. The van der Waals surface area contributed by atoms with Crippen molar-refractivity contribution in [2.45, 2.75) is 18.9 Å². The van der Waals surface area contributed by atoms with Crippen LogP contribution in [-0.2, 0) is 0 Å². The van der Waals surface area contributed by atoms with E-state index in [4.69, 9.17) is 0 Å². The van der Waals surface area contributed by atoms with E-state index in [0.29, 0.717) is 11.6 Å². The lowest BCUT2D eigenvalue weighted by Crippen LogP contribution is -2.53. The molecular formula is C29H31N7O. The van der Waals surface area contributed by atoms with Gasteiger partial charge in [0.2, 0.25) is 0 Å². The summed E-state index contributed by atoms with van der Waals surface area (Å²) in [4.78, 5) is 33.0. The van der Waals surface area contributed by atoms with Crippen molar-refractivity contribution in [3.63, 3.8) is 0 Å². The molecule has 0 radical (unpaired) electrons. The maximum absolute atomic E-state index is 12.5. The molecule has 2 saturated heterocycles. The second kappa shape index (κ2) is 10.5. The van der Waals surface area contributed by atoms with E-state index in [9.17, 15) is 4.79 Å². The van der Waals surface area contributed by atoms with Crippen molar-refractivity contribution in [3.8, 4) is 0 Å². The first kappa shape index (κ1) is 23.4. The number of hydrogen-bond acceptors (Lipinski definition) is 7. The van der Waals surface area contributed by atoms with Gasteiger partial charge in [0.25, 0.3) is 5.91 Å². The number of rotatable bonds is 5. The summed E-state index contributed by atoms with van der Waals surface area (Å²) in [7, 11) is 0. The number of nitrogens with one attached hydrogen (secondary N) is 1. The molecule has 0 saturated carbocycles. The molecule has 37 heavy (non-hydrogen) atoms. The number of piperazine rings is 1. The molecule has 4 heterocycles. The highest BCUT2D eigenvalue weighted by Gasteiger charge is 2.28. The Bertz CT molecular complexity index is 1360. The van der Waals surface area contributed by atoms with Crippen LogP contribution in [0.25, 0.3) is 10.9 Å². The molecule has 2 fully saturated rings. The summed E-state index contributed by atoms with van der Waals surface area (Å²) in [5.41, 5.74) is 3.58. The molecule has 0 unspecified atom stereocenters. The molecule has 0 spiro atoms. The van der Waals surface area contributed by atoms with Gasteiger partial charge in [-0.25, -0.2) is 9.97 Å². The van der Waals surface area contributed by atoms with Crippen molar-refractivity contribution in [1.29, 1.82) is 0 Å². The number of pyridine rings is 1. The van der Waals surface area contributed by atoms with Gasteiger partial charge in [-0.2, -0.15) is 0 Å². The minimum atomic E-state index is -0.118. The third kappa shape index (κ3) is 5.11. The molecule has 8 nitrogen and oxygen atoms in total. The van der Waals surface area contributed by atoms with E-state index in [-0.39, 0.29) is 5.91 Å². The number of carbonyl (C=O) groups is 1. The molecule has 6 rings (SSSR count). The Morgan fingerprint density at radius 3 is 2.41 bits per heavy atom. The summed E-state index contributed by atoms with van der Waals surface area (Å²) in [6.45, 7) is 6.12. The minimum Gasteiger partial charge on any atom is -0.371 e. The highest BCUT2D eigenvalue weighted by Crippen LogP contribution is 2.28. The third-order valence-corrected chi connectivity index (χ3v) is 7.53. The molecule has 1 amide bonds. The lowest BCUT2D eigenvalue weighted by Gasteiger charge is -2.43. The van der Waals surface area contributed by atoms with Crippen LogP contribution in [0.15, 0.2) is 79.4 Å². The van der Waals surface area contributed by atoms with Gasteiger partial charge in [-0.15, -0.1) is 0 Å². The Kier molecular flexibility index (Phi) is 6.64. The Morgan fingerprint density at radius 1 is 0.811 bits per heavy atom. The molecular weight excluding hydrogens is 462 g/mol. The summed E-state index contributed by atoms with van der Waals surface area (Å²) in [5, 5.41) is 4.14. The Labute approximate surface area is 217 Å². The first-order valence-corrected chi connectivity index (χ1v) is 13.0. The second-order valence-electron chi connectivity index (χ2n) is 9.70. The number of nitrogens with zero attached hydrogens (tertiary/aromatic N) is 6. The van der Waals surface area contributed by atoms with Crippen molar-refractivity contribution >= 4 is 34.0 Å². The predicted molar refractivity (Wildman–Crippen MR) is 147 cm³/mol. The largest absolute Gasteiger partial charge is 0.371 e. The SMILES string of the molecule is O=C(Nc1cccc(N2CCC(N3CCN(c4ncnc5ccccc45)CC3)CC2)c1)c1ccncc1. The number of hydrogen-bond donors (Lipinski definition) is 1. The quantitative estimate of drug-likeness (QED) is 0.449. The van der Waals surface area contributed by atoms with Crippen LogP contribution >= 0.6 is 0 Å². The number of para-hydroxylation sites is 1. The monoisotopic (exact) mass is 493 g/mol. The zero-order chi connectivity index (χ0) is 25.0. The van der Waals surface area contributed by atoms with E-state index in [0.717, 1.165) is 80.2 Å². The van der Waals surface area contributed by atoms with Gasteiger partial charge in [0, 0.05) is 80.0 Å². The van der Waals surface area contributed by atoms with Crippen LogP contribution in [0.1, 0.15) is 23.2 Å². The van der Waals surface area contributed by atoms with Crippen molar-refractivity contribution in [1.82, 2.24) is 19.9 Å². The van der Waals surface area contributed by atoms with Crippen LogP contribution in [0.4, 0.5) is 17.2 Å². The topological polar surface area (TPSA) is 77.5 Å². The average molecular weight is 494 g/mol. The Morgan fingerprint density at radius 2 is 1.59 bits per heavy atom. The van der Waals surface area contributed by atoms with Crippen molar-refractivity contribution in [2.24, 2.45) is 0 Å². The van der Waals surface area contributed by atoms with Gasteiger partial charge in [0.05, 0.1) is 5.52 Å². The first-order valence-electron chi connectivity index (χ1n) is 13.0. The maximum Gasteiger partial charge on any atom is 0.255 e. The molecule has 4 aromatic rings. The van der Waals surface area contributed by atoms with Crippen molar-refractivity contribution in [3.05, 3.63) is 84.9 Å². The summed E-state index contributed by atoms with van der Waals surface area (Å²) in [6, 6.07) is 20.5. The number of amides is 1. The number of piperidine rings is 1. The van der Waals surface area contributed by atoms with Gasteiger partial charge >= 0.3 is 0 Å². The predicted octanol–water partition coefficient (Wildman–Crippen LogP) is 4.07. The second-order valence-corrected chi connectivity index (χ2v) is 9.70. The van der Waals surface area contributed by atoms with Crippen LogP contribution < -0.4 is 15.1 Å². The average Bonchev–Trinajstić information content (AvgIpc) is 2.98. The molecule has 0 atom stereocenters. The molecule has 2 aromatic carbocycles. The maximum atomic E-state index is 12.5. The van der Waals surface area contributed by atoms with Crippen LogP contribution in [0.3, 0.4) is 0 Å². The van der Waals surface area contributed by atoms with Crippen molar-refractivity contribution in [2.75, 3.05) is 54.4 Å². The Hall–Kier alpha value is -4.04. The number of carbonyl (C=O) groups excluding carboxylic acids is 1. The molecule has 2 aromatic heterocycles. The summed E-state index contributed by atoms with van der Waals surface area (Å²) < 4.78 is 0. The molecule has 2 aliphatic heterocycles. The number of anilines is 3.